The minimum absolute atomic E-state index is 0.0381. The van der Waals surface area contributed by atoms with Gasteiger partial charge in [-0.3, -0.25) is 10.1 Å². The molecule has 2 amide bonds. The van der Waals surface area contributed by atoms with Crippen molar-refractivity contribution in [2.75, 3.05) is 0 Å². The van der Waals surface area contributed by atoms with Gasteiger partial charge in [-0.05, 0) is 56.4 Å². The Hall–Kier alpha value is -2.97. The van der Waals surface area contributed by atoms with Crippen LogP contribution in [0.4, 0.5) is 9.18 Å². The first-order valence-electron chi connectivity index (χ1n) is 12.0. The molecule has 0 radical (unpaired) electrons. The molecule has 1 saturated heterocycles. The number of nitrogens with one attached hydrogen (secondary N) is 2. The summed E-state index contributed by atoms with van der Waals surface area (Å²) < 4.78 is 19.1. The van der Waals surface area contributed by atoms with Crippen molar-refractivity contribution in [3.63, 3.8) is 0 Å². The largest absolute Gasteiger partial charge is 0.444 e. The average molecular weight is 486 g/mol. The molecular weight excluding hydrogens is 449 g/mol. The molecule has 1 fully saturated rings. The molecule has 4 atom stereocenters. The second-order valence-electron chi connectivity index (χ2n) is 10.4. The number of carbonyl (C=O) groups excluding carboxylic acids is 2. The van der Waals surface area contributed by atoms with Crippen molar-refractivity contribution in [2.45, 2.75) is 77.5 Å². The van der Waals surface area contributed by atoms with Gasteiger partial charge in [0.2, 0.25) is 5.91 Å². The number of hydrogen-bond acceptors (Lipinski definition) is 5. The van der Waals surface area contributed by atoms with Crippen LogP contribution in [0.5, 0.6) is 0 Å². The quantitative estimate of drug-likeness (QED) is 0.532. The monoisotopic (exact) mass is 485 g/mol. The van der Waals surface area contributed by atoms with E-state index in [9.17, 15) is 19.1 Å². The molecule has 2 aromatic rings. The SMILES string of the molecule is CC(C)C1NC([C@H](O)[C@H](Cc2ccccc2)NC(=O)OC(C)(C)C)C(=O)N1Cc1cccc(F)c1. The Morgan fingerprint density at radius 1 is 1.14 bits per heavy atom. The lowest BCUT2D eigenvalue weighted by Gasteiger charge is -2.29. The van der Waals surface area contributed by atoms with Crippen LogP contribution in [-0.2, 0) is 22.5 Å². The molecule has 0 bridgehead atoms. The van der Waals surface area contributed by atoms with Crippen LogP contribution >= 0.6 is 0 Å². The van der Waals surface area contributed by atoms with Gasteiger partial charge in [-0.25, -0.2) is 9.18 Å². The topological polar surface area (TPSA) is 90.9 Å². The van der Waals surface area contributed by atoms with Gasteiger partial charge in [-0.2, -0.15) is 0 Å². The zero-order valence-electron chi connectivity index (χ0n) is 21.0. The van der Waals surface area contributed by atoms with E-state index < -0.39 is 29.9 Å². The van der Waals surface area contributed by atoms with Gasteiger partial charge in [0.05, 0.1) is 18.3 Å². The fourth-order valence-corrected chi connectivity index (χ4v) is 4.28. The molecule has 35 heavy (non-hydrogen) atoms. The number of aliphatic hydroxyl groups excluding tert-OH is 1. The number of ether oxygens (including phenoxy) is 1. The van der Waals surface area contributed by atoms with E-state index >= 15 is 0 Å². The summed E-state index contributed by atoms with van der Waals surface area (Å²) in [7, 11) is 0. The number of hydrogen-bond donors (Lipinski definition) is 3. The lowest BCUT2D eigenvalue weighted by atomic mass is 9.96. The summed E-state index contributed by atoms with van der Waals surface area (Å²) in [5.41, 5.74) is 0.849. The maximum Gasteiger partial charge on any atom is 0.407 e. The number of aliphatic hydroxyl groups is 1. The van der Waals surface area contributed by atoms with Gasteiger partial charge in [0.15, 0.2) is 0 Å². The van der Waals surface area contributed by atoms with E-state index in [1.54, 1.807) is 37.8 Å². The van der Waals surface area contributed by atoms with E-state index in [0.29, 0.717) is 12.0 Å². The van der Waals surface area contributed by atoms with Gasteiger partial charge in [0, 0.05) is 6.54 Å². The van der Waals surface area contributed by atoms with Crippen molar-refractivity contribution >= 4 is 12.0 Å². The number of benzene rings is 2. The highest BCUT2D eigenvalue weighted by Gasteiger charge is 2.46. The lowest BCUT2D eigenvalue weighted by Crippen LogP contribution is -2.55. The molecule has 8 heteroatoms. The van der Waals surface area contributed by atoms with E-state index in [1.165, 1.54) is 12.1 Å². The fourth-order valence-electron chi connectivity index (χ4n) is 4.28. The molecule has 7 nitrogen and oxygen atoms in total. The highest BCUT2D eigenvalue weighted by Crippen LogP contribution is 2.24. The zero-order valence-corrected chi connectivity index (χ0v) is 21.0. The van der Waals surface area contributed by atoms with Crippen molar-refractivity contribution in [3.05, 3.63) is 71.5 Å². The molecule has 0 spiro atoms. The standard InChI is InChI=1S/C27H36FN3O4/c1-17(2)24-30-22(25(33)31(24)16-19-12-9-13-20(28)14-19)23(32)21(15-18-10-7-6-8-11-18)29-26(34)35-27(3,4)5/h6-14,17,21-24,30,32H,15-16H2,1-5H3,(H,29,34)/t21-,22?,23+,24?/m0/s1. The Balaban J connectivity index is 1.83. The molecule has 3 rings (SSSR count). The van der Waals surface area contributed by atoms with Crippen LogP contribution in [0.15, 0.2) is 54.6 Å². The number of carbonyl (C=O) groups is 2. The number of halogens is 1. The molecule has 1 aliphatic rings. The number of nitrogens with zero attached hydrogens (tertiary/aromatic N) is 1. The van der Waals surface area contributed by atoms with Crippen LogP contribution in [-0.4, -0.2) is 52.0 Å². The summed E-state index contributed by atoms with van der Waals surface area (Å²) in [6, 6.07) is 13.8. The van der Waals surface area contributed by atoms with Crippen LogP contribution in [0.2, 0.25) is 0 Å². The van der Waals surface area contributed by atoms with Crippen LogP contribution < -0.4 is 10.6 Å². The van der Waals surface area contributed by atoms with Crippen LogP contribution in [0.25, 0.3) is 0 Å². The predicted octanol–water partition coefficient (Wildman–Crippen LogP) is 3.61. The Bertz CT molecular complexity index is 1010. The maximum absolute atomic E-state index is 13.7. The highest BCUT2D eigenvalue weighted by molar-refractivity contribution is 5.85. The van der Waals surface area contributed by atoms with Gasteiger partial charge in [-0.15, -0.1) is 0 Å². The van der Waals surface area contributed by atoms with Gasteiger partial charge < -0.3 is 20.1 Å². The Kier molecular flexibility index (Phi) is 8.51. The van der Waals surface area contributed by atoms with E-state index in [2.05, 4.69) is 10.6 Å². The summed E-state index contributed by atoms with van der Waals surface area (Å²) >= 11 is 0. The first kappa shape index (κ1) is 26.6. The van der Waals surface area contributed by atoms with E-state index in [1.807, 2.05) is 44.2 Å². The number of amides is 2. The van der Waals surface area contributed by atoms with Crippen LogP contribution in [0, 0.1) is 11.7 Å². The van der Waals surface area contributed by atoms with Crippen LogP contribution in [0.3, 0.4) is 0 Å². The Morgan fingerprint density at radius 2 is 1.80 bits per heavy atom. The molecule has 0 aliphatic carbocycles. The molecule has 0 saturated carbocycles. The summed E-state index contributed by atoms with van der Waals surface area (Å²) in [6.45, 7) is 9.42. The maximum atomic E-state index is 13.7. The second kappa shape index (κ2) is 11.2. The van der Waals surface area contributed by atoms with E-state index in [4.69, 9.17) is 4.74 Å². The van der Waals surface area contributed by atoms with Gasteiger partial charge in [0.1, 0.15) is 17.5 Å². The smallest absolute Gasteiger partial charge is 0.407 e. The van der Waals surface area contributed by atoms with Crippen molar-refractivity contribution in [2.24, 2.45) is 5.92 Å². The normalized spacial score (nSPS) is 20.1. The summed E-state index contributed by atoms with van der Waals surface area (Å²) in [5, 5.41) is 17.4. The Labute approximate surface area is 206 Å². The second-order valence-corrected chi connectivity index (χ2v) is 10.4. The minimum atomic E-state index is -1.23. The molecule has 0 aromatic heterocycles. The first-order chi connectivity index (χ1) is 16.4. The first-order valence-corrected chi connectivity index (χ1v) is 12.0. The minimum Gasteiger partial charge on any atom is -0.444 e. The summed E-state index contributed by atoms with van der Waals surface area (Å²) in [6.07, 6.45) is -1.94. The predicted molar refractivity (Wildman–Crippen MR) is 132 cm³/mol. The van der Waals surface area contributed by atoms with Gasteiger partial charge in [-0.1, -0.05) is 56.3 Å². The number of alkyl carbamates (subject to hydrolysis) is 1. The number of rotatable bonds is 8. The van der Waals surface area contributed by atoms with Gasteiger partial charge >= 0.3 is 6.09 Å². The van der Waals surface area contributed by atoms with Crippen LogP contribution in [0.1, 0.15) is 45.7 Å². The molecule has 2 unspecified atom stereocenters. The average Bonchev–Trinajstić information content (AvgIpc) is 3.08. The molecule has 1 heterocycles. The third kappa shape index (κ3) is 7.26. The lowest BCUT2D eigenvalue weighted by molar-refractivity contribution is -0.133. The Morgan fingerprint density at radius 3 is 2.40 bits per heavy atom. The van der Waals surface area contributed by atoms with Crippen molar-refractivity contribution in [1.82, 2.24) is 15.5 Å². The van der Waals surface area contributed by atoms with E-state index in [0.717, 1.165) is 5.56 Å². The molecule has 190 valence electrons. The van der Waals surface area contributed by atoms with Crippen molar-refractivity contribution in [3.8, 4) is 0 Å². The third-order valence-electron chi connectivity index (χ3n) is 5.86. The zero-order chi connectivity index (χ0) is 25.8. The van der Waals surface area contributed by atoms with E-state index in [-0.39, 0.29) is 30.4 Å². The summed E-state index contributed by atoms with van der Waals surface area (Å²) in [5.74, 6) is -0.634. The van der Waals surface area contributed by atoms with Gasteiger partial charge in [0.25, 0.3) is 0 Å². The molecule has 3 N–H and O–H groups in total. The third-order valence-corrected chi connectivity index (χ3v) is 5.86. The molecule has 1 aliphatic heterocycles. The molecule has 2 aromatic carbocycles. The fraction of sp³-hybridized carbons (Fsp3) is 0.481. The van der Waals surface area contributed by atoms with Crippen molar-refractivity contribution in [1.29, 1.82) is 0 Å². The summed E-state index contributed by atoms with van der Waals surface area (Å²) in [4.78, 5) is 27.7. The molecular formula is C27H36FN3O4. The highest BCUT2D eigenvalue weighted by atomic mass is 19.1. The van der Waals surface area contributed by atoms with Crippen molar-refractivity contribution < 1.29 is 23.8 Å².